The molecule has 16 heavy (non-hydrogen) atoms. The van der Waals surface area contributed by atoms with Gasteiger partial charge in [-0.3, -0.25) is 4.79 Å². The van der Waals surface area contributed by atoms with Crippen molar-refractivity contribution >= 4 is 12.0 Å². The molecule has 1 aliphatic rings. The summed E-state index contributed by atoms with van der Waals surface area (Å²) in [5.74, 6) is -0.00624. The van der Waals surface area contributed by atoms with E-state index in [0.717, 1.165) is 6.42 Å². The van der Waals surface area contributed by atoms with Crippen molar-refractivity contribution in [3.63, 3.8) is 0 Å². The average molecular weight is 228 g/mol. The predicted molar refractivity (Wildman–Crippen MR) is 60.1 cm³/mol. The van der Waals surface area contributed by atoms with Gasteiger partial charge in [-0.25, -0.2) is 4.79 Å². The highest BCUT2D eigenvalue weighted by molar-refractivity contribution is 5.77. The summed E-state index contributed by atoms with van der Waals surface area (Å²) in [7, 11) is 0. The largest absolute Gasteiger partial charge is 0.444 e. The van der Waals surface area contributed by atoms with Crippen molar-refractivity contribution in [3.05, 3.63) is 0 Å². The first-order valence-corrected chi connectivity index (χ1v) is 5.63. The summed E-state index contributed by atoms with van der Waals surface area (Å²) >= 11 is 0. The van der Waals surface area contributed by atoms with Crippen molar-refractivity contribution in [2.24, 2.45) is 0 Å². The first-order chi connectivity index (χ1) is 7.38. The summed E-state index contributed by atoms with van der Waals surface area (Å²) in [6, 6.07) is 0. The Morgan fingerprint density at radius 3 is 2.69 bits per heavy atom. The fourth-order valence-electron chi connectivity index (χ4n) is 1.44. The van der Waals surface area contributed by atoms with Crippen molar-refractivity contribution in [3.8, 4) is 0 Å². The van der Waals surface area contributed by atoms with E-state index >= 15 is 0 Å². The molecule has 1 aliphatic heterocycles. The molecular formula is C11H20N2O3. The van der Waals surface area contributed by atoms with Crippen LogP contribution in [-0.2, 0) is 9.53 Å². The van der Waals surface area contributed by atoms with E-state index in [2.05, 4.69) is 5.32 Å². The molecule has 1 rings (SSSR count). The summed E-state index contributed by atoms with van der Waals surface area (Å²) in [6.07, 6.45) is 0.784. The molecule has 1 fully saturated rings. The molecule has 0 atom stereocenters. The van der Waals surface area contributed by atoms with Crippen LogP contribution in [0.3, 0.4) is 0 Å². The molecule has 1 saturated heterocycles. The third-order valence-corrected chi connectivity index (χ3v) is 2.19. The number of ether oxygens (including phenoxy) is 1. The van der Waals surface area contributed by atoms with Crippen LogP contribution in [0.2, 0.25) is 0 Å². The number of hydrogen-bond acceptors (Lipinski definition) is 3. The molecule has 5 nitrogen and oxygen atoms in total. The van der Waals surface area contributed by atoms with Gasteiger partial charge in [0.15, 0.2) is 0 Å². The normalized spacial score (nSPS) is 18.4. The number of rotatable bonds is 0. The van der Waals surface area contributed by atoms with Crippen LogP contribution in [0.15, 0.2) is 0 Å². The van der Waals surface area contributed by atoms with Gasteiger partial charge < -0.3 is 15.0 Å². The fourth-order valence-corrected chi connectivity index (χ4v) is 1.44. The maximum Gasteiger partial charge on any atom is 0.410 e. The van der Waals surface area contributed by atoms with Crippen LogP contribution in [0.4, 0.5) is 4.79 Å². The molecule has 0 aromatic carbocycles. The number of amides is 2. The predicted octanol–water partition coefficient (Wildman–Crippen LogP) is 1.13. The van der Waals surface area contributed by atoms with Crippen LogP contribution < -0.4 is 5.32 Å². The monoisotopic (exact) mass is 228 g/mol. The highest BCUT2D eigenvalue weighted by atomic mass is 16.6. The SMILES string of the molecule is CC(C)(C)OC(=O)N1CCCNC(=O)CC1. The Hall–Kier alpha value is -1.26. The third kappa shape index (κ3) is 4.51. The average Bonchev–Trinajstić information content (AvgIpc) is 2.08. The second-order valence-corrected chi connectivity index (χ2v) is 4.92. The summed E-state index contributed by atoms with van der Waals surface area (Å²) in [5.41, 5.74) is -0.484. The third-order valence-electron chi connectivity index (χ3n) is 2.19. The van der Waals surface area contributed by atoms with Crippen LogP contribution in [-0.4, -0.2) is 42.1 Å². The summed E-state index contributed by atoms with van der Waals surface area (Å²) < 4.78 is 5.26. The van der Waals surface area contributed by atoms with E-state index in [1.807, 2.05) is 20.8 Å². The molecule has 1 N–H and O–H groups in total. The van der Waals surface area contributed by atoms with Crippen molar-refractivity contribution in [2.45, 2.75) is 39.2 Å². The van der Waals surface area contributed by atoms with Gasteiger partial charge in [-0.15, -0.1) is 0 Å². The lowest BCUT2D eigenvalue weighted by Gasteiger charge is -2.28. The van der Waals surface area contributed by atoms with E-state index in [9.17, 15) is 9.59 Å². The van der Waals surface area contributed by atoms with E-state index in [0.29, 0.717) is 26.1 Å². The Kier molecular flexibility index (Phi) is 4.15. The molecule has 0 bridgehead atoms. The van der Waals surface area contributed by atoms with Gasteiger partial charge in [0.25, 0.3) is 0 Å². The Labute approximate surface area is 96.1 Å². The second-order valence-electron chi connectivity index (χ2n) is 4.92. The zero-order valence-electron chi connectivity index (χ0n) is 10.2. The van der Waals surface area contributed by atoms with Gasteiger partial charge in [-0.1, -0.05) is 0 Å². The van der Waals surface area contributed by atoms with Crippen LogP contribution in [0.25, 0.3) is 0 Å². The van der Waals surface area contributed by atoms with E-state index in [1.54, 1.807) is 4.90 Å². The Bertz CT molecular complexity index is 271. The fraction of sp³-hybridized carbons (Fsp3) is 0.818. The molecule has 0 aliphatic carbocycles. The van der Waals surface area contributed by atoms with E-state index in [-0.39, 0.29) is 12.0 Å². The number of nitrogens with one attached hydrogen (secondary N) is 1. The zero-order valence-corrected chi connectivity index (χ0v) is 10.2. The summed E-state index contributed by atoms with van der Waals surface area (Å²) in [6.45, 7) is 7.19. The minimum absolute atomic E-state index is 0.00624. The second kappa shape index (κ2) is 5.18. The van der Waals surface area contributed by atoms with Gasteiger partial charge in [0.05, 0.1) is 0 Å². The maximum absolute atomic E-state index is 11.8. The minimum Gasteiger partial charge on any atom is -0.444 e. The van der Waals surface area contributed by atoms with Crippen molar-refractivity contribution in [1.29, 1.82) is 0 Å². The first-order valence-electron chi connectivity index (χ1n) is 5.63. The highest BCUT2D eigenvalue weighted by Gasteiger charge is 2.23. The lowest BCUT2D eigenvalue weighted by Crippen LogP contribution is -2.42. The van der Waals surface area contributed by atoms with Gasteiger partial charge in [0, 0.05) is 26.1 Å². The number of hydrogen-bond donors (Lipinski definition) is 1. The first kappa shape index (κ1) is 12.8. The summed E-state index contributed by atoms with van der Waals surface area (Å²) in [5, 5.41) is 2.77. The molecule has 0 spiro atoms. The van der Waals surface area contributed by atoms with E-state index in [1.165, 1.54) is 0 Å². The van der Waals surface area contributed by atoms with Crippen LogP contribution in [0.5, 0.6) is 0 Å². The Morgan fingerprint density at radius 1 is 1.38 bits per heavy atom. The lowest BCUT2D eigenvalue weighted by atomic mass is 10.2. The molecule has 5 heteroatoms. The molecule has 0 radical (unpaired) electrons. The molecule has 92 valence electrons. The van der Waals surface area contributed by atoms with Gasteiger partial charge >= 0.3 is 6.09 Å². The standard InChI is InChI=1S/C11H20N2O3/c1-11(2,3)16-10(15)13-7-4-6-12-9(14)5-8-13/h4-8H2,1-3H3,(H,12,14). The number of nitrogens with zero attached hydrogens (tertiary/aromatic N) is 1. The van der Waals surface area contributed by atoms with Gasteiger partial charge in [-0.2, -0.15) is 0 Å². The van der Waals surface area contributed by atoms with Gasteiger partial charge in [0.1, 0.15) is 5.60 Å². The minimum atomic E-state index is -0.484. The number of carbonyl (C=O) groups is 2. The van der Waals surface area contributed by atoms with Crippen molar-refractivity contribution in [2.75, 3.05) is 19.6 Å². The van der Waals surface area contributed by atoms with Crippen LogP contribution in [0.1, 0.15) is 33.6 Å². The Morgan fingerprint density at radius 2 is 2.06 bits per heavy atom. The van der Waals surface area contributed by atoms with Gasteiger partial charge in [-0.05, 0) is 27.2 Å². The highest BCUT2D eigenvalue weighted by Crippen LogP contribution is 2.11. The molecule has 1 heterocycles. The van der Waals surface area contributed by atoms with E-state index < -0.39 is 5.60 Å². The Balaban J connectivity index is 2.50. The maximum atomic E-state index is 11.8. The number of carbonyl (C=O) groups excluding carboxylic acids is 2. The molecule has 0 aromatic rings. The van der Waals surface area contributed by atoms with Crippen molar-refractivity contribution in [1.82, 2.24) is 10.2 Å². The van der Waals surface area contributed by atoms with Crippen molar-refractivity contribution < 1.29 is 14.3 Å². The molecule has 0 aromatic heterocycles. The smallest absolute Gasteiger partial charge is 0.410 e. The van der Waals surface area contributed by atoms with Gasteiger partial charge in [0.2, 0.25) is 5.91 Å². The summed E-state index contributed by atoms with van der Waals surface area (Å²) in [4.78, 5) is 24.6. The lowest BCUT2D eigenvalue weighted by molar-refractivity contribution is -0.121. The topological polar surface area (TPSA) is 58.6 Å². The molecule has 2 amide bonds. The quantitative estimate of drug-likeness (QED) is 0.676. The molecular weight excluding hydrogens is 208 g/mol. The van der Waals surface area contributed by atoms with Crippen LogP contribution in [0, 0.1) is 0 Å². The molecule has 0 unspecified atom stereocenters. The molecule has 0 saturated carbocycles. The zero-order chi connectivity index (χ0) is 12.2. The van der Waals surface area contributed by atoms with Crippen LogP contribution >= 0.6 is 0 Å². The van der Waals surface area contributed by atoms with E-state index in [4.69, 9.17) is 4.74 Å².